The van der Waals surface area contributed by atoms with Crippen molar-refractivity contribution in [2.24, 2.45) is 0 Å². The molecule has 2 aliphatic heterocycles. The summed E-state index contributed by atoms with van der Waals surface area (Å²) in [5, 5.41) is 3.47. The first-order chi connectivity index (χ1) is 11.6. The average Bonchev–Trinajstić information content (AvgIpc) is 3.21. The number of nitrogens with zero attached hydrogens (tertiary/aromatic N) is 3. The van der Waals surface area contributed by atoms with Gasteiger partial charge in [-0.15, -0.1) is 0 Å². The Morgan fingerprint density at radius 2 is 2.25 bits per heavy atom. The summed E-state index contributed by atoms with van der Waals surface area (Å²) in [7, 11) is 0. The minimum absolute atomic E-state index is 0.0365. The molecule has 0 amide bonds. The highest BCUT2D eigenvalue weighted by molar-refractivity contribution is 6.32. The monoisotopic (exact) mass is 349 g/mol. The summed E-state index contributed by atoms with van der Waals surface area (Å²) in [6.45, 7) is 2.61. The number of rotatable bonds is 2. The molecule has 0 aliphatic carbocycles. The quantitative estimate of drug-likeness (QED) is 0.811. The van der Waals surface area contributed by atoms with Gasteiger partial charge in [0.1, 0.15) is 10.8 Å². The highest BCUT2D eigenvalue weighted by Crippen LogP contribution is 2.39. The Hall–Kier alpha value is -1.99. The van der Waals surface area contributed by atoms with Crippen molar-refractivity contribution in [3.05, 3.63) is 39.7 Å². The second-order valence-corrected chi connectivity index (χ2v) is 6.70. The van der Waals surface area contributed by atoms with Crippen LogP contribution in [0.4, 0.5) is 10.2 Å². The van der Waals surface area contributed by atoms with Gasteiger partial charge in [-0.1, -0.05) is 11.6 Å². The number of nitrogens with one attached hydrogen (secondary N) is 2. The average molecular weight is 350 g/mol. The van der Waals surface area contributed by atoms with E-state index in [9.17, 15) is 9.18 Å². The third-order valence-electron chi connectivity index (χ3n) is 4.92. The smallest absolute Gasteiger partial charge is 0.272 e. The van der Waals surface area contributed by atoms with Crippen LogP contribution in [0, 0.1) is 5.95 Å². The van der Waals surface area contributed by atoms with Crippen molar-refractivity contribution in [2.45, 2.75) is 24.8 Å². The van der Waals surface area contributed by atoms with Crippen LogP contribution in [0.3, 0.4) is 0 Å². The standard InChI is InChI=1S/C16H17ClFN5O/c17-12-14(23-7-1-3-16(23)4-6-19-9-16)21-13(22-15(12)24)10-2-5-20-11(18)8-10/h2,5,8,19H,1,3-4,6-7,9H2,(H,21,22,24). The number of aromatic nitrogens is 3. The summed E-state index contributed by atoms with van der Waals surface area (Å²) in [6.07, 6.45) is 4.42. The van der Waals surface area contributed by atoms with E-state index in [4.69, 9.17) is 11.6 Å². The van der Waals surface area contributed by atoms with Gasteiger partial charge in [0.05, 0.1) is 5.54 Å². The molecule has 0 saturated carbocycles. The summed E-state index contributed by atoms with van der Waals surface area (Å²) in [5.74, 6) is 0.159. The molecule has 2 aromatic rings. The van der Waals surface area contributed by atoms with Crippen molar-refractivity contribution in [3.8, 4) is 11.4 Å². The van der Waals surface area contributed by atoms with Gasteiger partial charge < -0.3 is 15.2 Å². The fourth-order valence-corrected chi connectivity index (χ4v) is 3.95. The lowest BCUT2D eigenvalue weighted by atomic mass is 9.95. The topological polar surface area (TPSA) is 73.9 Å². The van der Waals surface area contributed by atoms with Gasteiger partial charge >= 0.3 is 0 Å². The molecule has 4 heterocycles. The van der Waals surface area contributed by atoms with E-state index in [1.165, 1.54) is 12.3 Å². The third kappa shape index (κ3) is 2.48. The Morgan fingerprint density at radius 3 is 3.00 bits per heavy atom. The lowest BCUT2D eigenvalue weighted by Gasteiger charge is -2.35. The molecule has 0 bridgehead atoms. The maximum atomic E-state index is 13.4. The van der Waals surface area contributed by atoms with E-state index in [-0.39, 0.29) is 10.6 Å². The number of hydrogen-bond acceptors (Lipinski definition) is 5. The zero-order valence-electron chi connectivity index (χ0n) is 13.0. The number of H-pyrrole nitrogens is 1. The highest BCUT2D eigenvalue weighted by Gasteiger charge is 2.44. The third-order valence-corrected chi connectivity index (χ3v) is 5.26. The van der Waals surface area contributed by atoms with Crippen LogP contribution in [-0.2, 0) is 0 Å². The maximum Gasteiger partial charge on any atom is 0.272 e. The summed E-state index contributed by atoms with van der Waals surface area (Å²) in [6, 6.07) is 2.85. The van der Waals surface area contributed by atoms with Gasteiger partial charge in [0.15, 0.2) is 5.82 Å². The molecule has 4 rings (SSSR count). The fourth-order valence-electron chi connectivity index (χ4n) is 3.76. The second kappa shape index (κ2) is 5.82. The van der Waals surface area contributed by atoms with Gasteiger partial charge in [0.2, 0.25) is 5.95 Å². The fraction of sp³-hybridized carbons (Fsp3) is 0.438. The van der Waals surface area contributed by atoms with E-state index in [0.717, 1.165) is 38.9 Å². The van der Waals surface area contributed by atoms with Gasteiger partial charge in [0.25, 0.3) is 5.56 Å². The van der Waals surface area contributed by atoms with Crippen molar-refractivity contribution in [1.29, 1.82) is 0 Å². The molecule has 24 heavy (non-hydrogen) atoms. The van der Waals surface area contributed by atoms with E-state index in [1.54, 1.807) is 6.07 Å². The van der Waals surface area contributed by atoms with Crippen molar-refractivity contribution in [2.75, 3.05) is 24.5 Å². The number of halogens is 2. The van der Waals surface area contributed by atoms with E-state index in [1.807, 2.05) is 0 Å². The Labute approximate surface area is 143 Å². The van der Waals surface area contributed by atoms with Crippen LogP contribution in [-0.4, -0.2) is 40.1 Å². The van der Waals surface area contributed by atoms with Gasteiger partial charge in [-0.3, -0.25) is 4.79 Å². The molecule has 2 fully saturated rings. The molecular weight excluding hydrogens is 333 g/mol. The normalized spacial score (nSPS) is 23.3. The maximum absolute atomic E-state index is 13.4. The molecule has 1 atom stereocenters. The lowest BCUT2D eigenvalue weighted by molar-refractivity contribution is 0.464. The van der Waals surface area contributed by atoms with Crippen LogP contribution < -0.4 is 15.8 Å². The molecule has 2 N–H and O–H groups in total. The number of pyridine rings is 1. The van der Waals surface area contributed by atoms with Crippen LogP contribution in [0.15, 0.2) is 23.1 Å². The minimum Gasteiger partial charge on any atom is -0.348 e. The van der Waals surface area contributed by atoms with Gasteiger partial charge in [-0.05, 0) is 31.9 Å². The van der Waals surface area contributed by atoms with Crippen LogP contribution >= 0.6 is 11.6 Å². The number of hydrogen-bond donors (Lipinski definition) is 2. The number of anilines is 1. The zero-order valence-corrected chi connectivity index (χ0v) is 13.7. The van der Waals surface area contributed by atoms with Crippen LogP contribution in [0.2, 0.25) is 5.02 Å². The van der Waals surface area contributed by atoms with Gasteiger partial charge in [-0.25, -0.2) is 9.97 Å². The van der Waals surface area contributed by atoms with Crippen molar-refractivity contribution < 1.29 is 4.39 Å². The largest absolute Gasteiger partial charge is 0.348 e. The molecule has 126 valence electrons. The molecule has 8 heteroatoms. The molecule has 0 radical (unpaired) electrons. The van der Waals surface area contributed by atoms with E-state index >= 15 is 0 Å². The molecule has 2 aromatic heterocycles. The number of aromatic amines is 1. The Balaban J connectivity index is 1.82. The molecule has 6 nitrogen and oxygen atoms in total. The van der Waals surface area contributed by atoms with E-state index < -0.39 is 11.5 Å². The first-order valence-corrected chi connectivity index (χ1v) is 8.37. The van der Waals surface area contributed by atoms with Crippen molar-refractivity contribution in [1.82, 2.24) is 20.3 Å². The van der Waals surface area contributed by atoms with E-state index in [0.29, 0.717) is 17.2 Å². The van der Waals surface area contributed by atoms with Gasteiger partial charge in [0, 0.05) is 30.9 Å². The summed E-state index contributed by atoms with van der Waals surface area (Å²) in [5.41, 5.74) is 0.0165. The second-order valence-electron chi connectivity index (χ2n) is 6.33. The molecule has 2 saturated heterocycles. The molecule has 1 spiro atoms. The zero-order chi connectivity index (χ0) is 16.7. The first-order valence-electron chi connectivity index (χ1n) is 7.99. The van der Waals surface area contributed by atoms with Crippen LogP contribution in [0.5, 0.6) is 0 Å². The van der Waals surface area contributed by atoms with Gasteiger partial charge in [-0.2, -0.15) is 4.39 Å². The Kier molecular flexibility index (Phi) is 3.77. The lowest BCUT2D eigenvalue weighted by Crippen LogP contribution is -2.46. The molecular formula is C16H17ClFN5O. The van der Waals surface area contributed by atoms with Crippen LogP contribution in [0.1, 0.15) is 19.3 Å². The minimum atomic E-state index is -0.621. The molecule has 2 aliphatic rings. The first kappa shape index (κ1) is 15.5. The van der Waals surface area contributed by atoms with Crippen molar-refractivity contribution in [3.63, 3.8) is 0 Å². The Bertz CT molecular complexity index is 828. The highest BCUT2D eigenvalue weighted by atomic mass is 35.5. The molecule has 0 aromatic carbocycles. The predicted molar refractivity (Wildman–Crippen MR) is 89.9 cm³/mol. The SMILES string of the molecule is O=c1[nH]c(-c2ccnc(F)c2)nc(N2CCCC23CCNC3)c1Cl. The Morgan fingerprint density at radius 1 is 1.38 bits per heavy atom. The summed E-state index contributed by atoms with van der Waals surface area (Å²) < 4.78 is 13.4. The summed E-state index contributed by atoms with van der Waals surface area (Å²) >= 11 is 6.27. The van der Waals surface area contributed by atoms with E-state index in [2.05, 4.69) is 25.2 Å². The van der Waals surface area contributed by atoms with Crippen molar-refractivity contribution >= 4 is 17.4 Å². The van der Waals surface area contributed by atoms with Crippen LogP contribution in [0.25, 0.3) is 11.4 Å². The molecule has 1 unspecified atom stereocenters. The predicted octanol–water partition coefficient (Wildman–Crippen LogP) is 1.96. The summed E-state index contributed by atoms with van der Waals surface area (Å²) in [4.78, 5) is 25.2.